The topological polar surface area (TPSA) is 41.6 Å². The Hall–Kier alpha value is -1.55. The Morgan fingerprint density at radius 1 is 1.25 bits per heavy atom. The Bertz CT molecular complexity index is 466. The number of amides is 1. The van der Waals surface area contributed by atoms with Crippen LogP contribution in [-0.2, 0) is 4.79 Å². The predicted octanol–water partition coefficient (Wildman–Crippen LogP) is 2.32. The highest BCUT2D eigenvalue weighted by Crippen LogP contribution is 2.30. The SMILES string of the molecule is COc1ccc(C2NCC(=O)N2CC2CCCC2)cc1. The third-order valence-electron chi connectivity index (χ3n) is 4.44. The maximum absolute atomic E-state index is 12.1. The van der Waals surface area contributed by atoms with E-state index in [1.54, 1.807) is 7.11 Å². The molecule has 1 aliphatic carbocycles. The molecule has 1 atom stereocenters. The Kier molecular flexibility index (Phi) is 3.92. The van der Waals surface area contributed by atoms with Crippen LogP contribution in [0, 0.1) is 5.92 Å². The van der Waals surface area contributed by atoms with E-state index in [0.29, 0.717) is 12.5 Å². The quantitative estimate of drug-likeness (QED) is 0.916. The summed E-state index contributed by atoms with van der Waals surface area (Å²) >= 11 is 0. The van der Waals surface area contributed by atoms with Crippen LogP contribution in [0.5, 0.6) is 5.75 Å². The molecular formula is C16H22N2O2. The molecule has 1 aromatic carbocycles. The highest BCUT2D eigenvalue weighted by Gasteiger charge is 2.33. The van der Waals surface area contributed by atoms with Crippen molar-refractivity contribution in [2.75, 3.05) is 20.2 Å². The van der Waals surface area contributed by atoms with Crippen LogP contribution in [0.4, 0.5) is 0 Å². The van der Waals surface area contributed by atoms with Gasteiger partial charge < -0.3 is 9.64 Å². The van der Waals surface area contributed by atoms with E-state index in [4.69, 9.17) is 4.74 Å². The van der Waals surface area contributed by atoms with Gasteiger partial charge in [-0.05, 0) is 36.5 Å². The van der Waals surface area contributed by atoms with E-state index < -0.39 is 0 Å². The first kappa shape index (κ1) is 13.4. The molecule has 2 aliphatic rings. The minimum absolute atomic E-state index is 0.0222. The molecule has 1 saturated carbocycles. The third kappa shape index (κ3) is 2.66. The van der Waals surface area contributed by atoms with Gasteiger partial charge in [-0.15, -0.1) is 0 Å². The van der Waals surface area contributed by atoms with E-state index in [9.17, 15) is 4.79 Å². The highest BCUT2D eigenvalue weighted by molar-refractivity contribution is 5.81. The molecule has 1 heterocycles. The minimum Gasteiger partial charge on any atom is -0.497 e. The third-order valence-corrected chi connectivity index (χ3v) is 4.44. The van der Waals surface area contributed by atoms with Crippen LogP contribution in [0.3, 0.4) is 0 Å². The molecule has 1 saturated heterocycles. The van der Waals surface area contributed by atoms with Crippen molar-refractivity contribution in [1.82, 2.24) is 10.2 Å². The number of carbonyl (C=O) groups is 1. The standard InChI is InChI=1S/C16H22N2O2/c1-20-14-8-6-13(7-9-14)16-17-10-15(19)18(16)11-12-4-2-3-5-12/h6-9,12,16-17H,2-5,10-11H2,1H3. The number of carbonyl (C=O) groups excluding carboxylic acids is 1. The second-order valence-electron chi connectivity index (χ2n) is 5.75. The summed E-state index contributed by atoms with van der Waals surface area (Å²) in [7, 11) is 1.67. The van der Waals surface area contributed by atoms with Gasteiger partial charge in [0.05, 0.1) is 13.7 Å². The molecule has 1 aromatic rings. The van der Waals surface area contributed by atoms with Crippen LogP contribution < -0.4 is 10.1 Å². The van der Waals surface area contributed by atoms with E-state index in [0.717, 1.165) is 17.9 Å². The first-order chi connectivity index (χ1) is 9.78. The molecule has 1 N–H and O–H groups in total. The van der Waals surface area contributed by atoms with Crippen molar-refractivity contribution in [3.8, 4) is 5.75 Å². The molecule has 4 heteroatoms. The monoisotopic (exact) mass is 274 g/mol. The molecular weight excluding hydrogens is 252 g/mol. The van der Waals surface area contributed by atoms with E-state index in [-0.39, 0.29) is 12.1 Å². The molecule has 0 spiro atoms. The van der Waals surface area contributed by atoms with Crippen LogP contribution in [0.2, 0.25) is 0 Å². The number of nitrogens with zero attached hydrogens (tertiary/aromatic N) is 1. The van der Waals surface area contributed by atoms with E-state index in [1.807, 2.05) is 29.2 Å². The second kappa shape index (κ2) is 5.83. The summed E-state index contributed by atoms with van der Waals surface area (Å²) in [6.07, 6.45) is 5.17. The number of methoxy groups -OCH3 is 1. The summed E-state index contributed by atoms with van der Waals surface area (Å²) in [6.45, 7) is 1.34. The van der Waals surface area contributed by atoms with Gasteiger partial charge in [0.1, 0.15) is 11.9 Å². The smallest absolute Gasteiger partial charge is 0.238 e. The zero-order valence-electron chi connectivity index (χ0n) is 12.0. The lowest BCUT2D eigenvalue weighted by atomic mass is 10.1. The van der Waals surface area contributed by atoms with E-state index in [1.165, 1.54) is 25.7 Å². The summed E-state index contributed by atoms with van der Waals surface area (Å²) in [6, 6.07) is 7.98. The largest absolute Gasteiger partial charge is 0.497 e. The van der Waals surface area contributed by atoms with E-state index in [2.05, 4.69) is 5.32 Å². The second-order valence-corrected chi connectivity index (χ2v) is 5.75. The van der Waals surface area contributed by atoms with Crippen molar-refractivity contribution in [1.29, 1.82) is 0 Å². The number of hydrogen-bond acceptors (Lipinski definition) is 3. The van der Waals surface area contributed by atoms with Crippen LogP contribution in [0.15, 0.2) is 24.3 Å². The molecule has 2 fully saturated rings. The Labute approximate surface area is 120 Å². The first-order valence-corrected chi connectivity index (χ1v) is 7.45. The van der Waals surface area contributed by atoms with Gasteiger partial charge in [-0.1, -0.05) is 25.0 Å². The van der Waals surface area contributed by atoms with Crippen LogP contribution in [-0.4, -0.2) is 31.0 Å². The fourth-order valence-electron chi connectivity index (χ4n) is 3.30. The Balaban J connectivity index is 1.74. The molecule has 4 nitrogen and oxygen atoms in total. The van der Waals surface area contributed by atoms with Crippen molar-refractivity contribution in [2.24, 2.45) is 5.92 Å². The van der Waals surface area contributed by atoms with Crippen LogP contribution in [0.1, 0.15) is 37.4 Å². The average molecular weight is 274 g/mol. The summed E-state index contributed by atoms with van der Waals surface area (Å²) in [4.78, 5) is 14.1. The van der Waals surface area contributed by atoms with Crippen LogP contribution >= 0.6 is 0 Å². The molecule has 0 bridgehead atoms. The van der Waals surface area contributed by atoms with Crippen molar-refractivity contribution in [2.45, 2.75) is 31.8 Å². The molecule has 1 unspecified atom stereocenters. The fourth-order valence-corrected chi connectivity index (χ4v) is 3.30. The van der Waals surface area contributed by atoms with Crippen molar-refractivity contribution < 1.29 is 9.53 Å². The predicted molar refractivity (Wildman–Crippen MR) is 77.4 cm³/mol. The summed E-state index contributed by atoms with van der Waals surface area (Å²) in [5.74, 6) is 1.75. The van der Waals surface area contributed by atoms with Crippen molar-refractivity contribution >= 4 is 5.91 Å². The van der Waals surface area contributed by atoms with Gasteiger partial charge in [0, 0.05) is 6.54 Å². The van der Waals surface area contributed by atoms with Gasteiger partial charge >= 0.3 is 0 Å². The minimum atomic E-state index is 0.0222. The van der Waals surface area contributed by atoms with Crippen LogP contribution in [0.25, 0.3) is 0 Å². The summed E-state index contributed by atoms with van der Waals surface area (Å²) < 4.78 is 5.19. The maximum atomic E-state index is 12.1. The molecule has 0 aromatic heterocycles. The fraction of sp³-hybridized carbons (Fsp3) is 0.562. The molecule has 1 amide bonds. The van der Waals surface area contributed by atoms with Gasteiger partial charge in [0.15, 0.2) is 0 Å². The number of benzene rings is 1. The zero-order chi connectivity index (χ0) is 13.9. The average Bonchev–Trinajstić information content (AvgIpc) is 3.11. The number of ether oxygens (including phenoxy) is 1. The Morgan fingerprint density at radius 3 is 2.60 bits per heavy atom. The van der Waals surface area contributed by atoms with E-state index >= 15 is 0 Å². The number of hydrogen-bond donors (Lipinski definition) is 1. The number of rotatable bonds is 4. The lowest BCUT2D eigenvalue weighted by molar-refractivity contribution is -0.128. The number of nitrogens with one attached hydrogen (secondary N) is 1. The normalized spacial score (nSPS) is 23.6. The molecule has 108 valence electrons. The Morgan fingerprint density at radius 2 is 1.95 bits per heavy atom. The molecule has 3 rings (SSSR count). The summed E-state index contributed by atoms with van der Waals surface area (Å²) in [5, 5.41) is 3.32. The van der Waals surface area contributed by atoms with Gasteiger partial charge in [-0.2, -0.15) is 0 Å². The molecule has 0 radical (unpaired) electrons. The summed E-state index contributed by atoms with van der Waals surface area (Å²) in [5.41, 5.74) is 1.13. The van der Waals surface area contributed by atoms with Gasteiger partial charge in [-0.3, -0.25) is 10.1 Å². The lowest BCUT2D eigenvalue weighted by Gasteiger charge is -2.27. The van der Waals surface area contributed by atoms with Crippen molar-refractivity contribution in [3.63, 3.8) is 0 Å². The maximum Gasteiger partial charge on any atom is 0.238 e. The molecule has 20 heavy (non-hydrogen) atoms. The first-order valence-electron chi connectivity index (χ1n) is 7.45. The van der Waals surface area contributed by atoms with Gasteiger partial charge in [0.2, 0.25) is 5.91 Å². The zero-order valence-corrected chi connectivity index (χ0v) is 12.0. The molecule has 1 aliphatic heterocycles. The van der Waals surface area contributed by atoms with Gasteiger partial charge in [-0.25, -0.2) is 0 Å². The van der Waals surface area contributed by atoms with Crippen molar-refractivity contribution in [3.05, 3.63) is 29.8 Å². The lowest BCUT2D eigenvalue weighted by Crippen LogP contribution is -2.34. The highest BCUT2D eigenvalue weighted by atomic mass is 16.5. The van der Waals surface area contributed by atoms with Gasteiger partial charge in [0.25, 0.3) is 0 Å².